The standard InChI is InChI=1S/C46H49N9O4/c1-28-38(25-48-44-42(28)47-16-21-59-44)32-4-5-33-24-49-46(51-39(33)23-32)50-35-7-2-29(3-8-35)26-53-17-14-36(15-18-53)54-19-12-30(13-20-54)31-6-9-37-34(22-31)27-55(45(37)58)40-10-11-41(56)52-43(40)57/h2-9,22-25,30,36,40,47H,10-21,26-27H2,1H3,(H,49,50,51)(H,52,56,57). The van der Waals surface area contributed by atoms with Crippen molar-refractivity contribution in [2.75, 3.05) is 50.0 Å². The third-order valence-corrected chi connectivity index (χ3v) is 13.1. The van der Waals surface area contributed by atoms with Gasteiger partial charge in [-0.05, 0) is 123 Å². The normalized spacial score (nSPS) is 20.5. The van der Waals surface area contributed by atoms with Gasteiger partial charge >= 0.3 is 0 Å². The van der Waals surface area contributed by atoms with Gasteiger partial charge in [0.1, 0.15) is 18.3 Å². The van der Waals surface area contributed by atoms with Gasteiger partial charge in [-0.1, -0.05) is 36.4 Å². The minimum atomic E-state index is -0.578. The van der Waals surface area contributed by atoms with Crippen LogP contribution in [0.15, 0.2) is 73.1 Å². The fourth-order valence-corrected chi connectivity index (χ4v) is 9.73. The zero-order valence-corrected chi connectivity index (χ0v) is 33.4. The van der Waals surface area contributed by atoms with Crippen molar-refractivity contribution >= 4 is 45.9 Å². The van der Waals surface area contributed by atoms with Crippen LogP contribution >= 0.6 is 0 Å². The fourth-order valence-electron chi connectivity index (χ4n) is 9.73. The lowest BCUT2D eigenvalue weighted by atomic mass is 9.86. The van der Waals surface area contributed by atoms with Gasteiger partial charge in [0.05, 0.1) is 5.52 Å². The van der Waals surface area contributed by atoms with E-state index in [9.17, 15) is 14.4 Å². The number of fused-ring (bicyclic) bond motifs is 3. The molecular formula is C46H49N9O4. The van der Waals surface area contributed by atoms with E-state index in [0.29, 0.717) is 48.9 Å². The molecule has 0 spiro atoms. The number of ether oxygens (including phenoxy) is 1. The van der Waals surface area contributed by atoms with E-state index < -0.39 is 6.04 Å². The van der Waals surface area contributed by atoms with Crippen LogP contribution in [0.5, 0.6) is 5.88 Å². The lowest BCUT2D eigenvalue weighted by molar-refractivity contribution is -0.136. The van der Waals surface area contributed by atoms with Crippen LogP contribution in [0.2, 0.25) is 0 Å². The largest absolute Gasteiger partial charge is 0.474 e. The van der Waals surface area contributed by atoms with Crippen molar-refractivity contribution in [1.29, 1.82) is 0 Å². The number of likely N-dealkylation sites (tertiary alicyclic amines) is 2. The average molecular weight is 792 g/mol. The second-order valence-corrected chi connectivity index (χ2v) is 16.7. The molecule has 5 aromatic rings. The van der Waals surface area contributed by atoms with Crippen LogP contribution in [-0.2, 0) is 22.7 Å². The number of carbonyl (C=O) groups excluding carboxylic acids is 3. The molecule has 3 N–H and O–H groups in total. The Bertz CT molecular complexity index is 2440. The molecule has 13 nitrogen and oxygen atoms in total. The minimum Gasteiger partial charge on any atom is -0.474 e. The molecule has 3 amide bonds. The average Bonchev–Trinajstić information content (AvgIpc) is 3.59. The maximum atomic E-state index is 13.2. The molecule has 0 aliphatic carbocycles. The van der Waals surface area contributed by atoms with Gasteiger partial charge in [0.25, 0.3) is 5.91 Å². The SMILES string of the molecule is Cc1c(-c2ccc3cnc(Nc4ccc(CN5CCC(N6CCC(c7ccc8c(c7)CN(C7CCC(=O)NC7=O)C8=O)CC6)CC5)cc4)nc3c2)cnc2c1NCCO2. The molecular weight excluding hydrogens is 743 g/mol. The van der Waals surface area contributed by atoms with E-state index in [1.165, 1.54) is 24.0 Å². The number of benzene rings is 3. The number of anilines is 3. The molecule has 59 heavy (non-hydrogen) atoms. The number of rotatable bonds is 8. The summed E-state index contributed by atoms with van der Waals surface area (Å²) >= 11 is 0. The molecule has 7 heterocycles. The van der Waals surface area contributed by atoms with Crippen LogP contribution in [0.4, 0.5) is 17.3 Å². The molecule has 2 aromatic heterocycles. The van der Waals surface area contributed by atoms with Crippen molar-refractivity contribution in [3.63, 3.8) is 0 Å². The van der Waals surface area contributed by atoms with E-state index in [4.69, 9.17) is 9.72 Å². The second kappa shape index (κ2) is 15.7. The number of pyridine rings is 1. The number of amides is 3. The smallest absolute Gasteiger partial charge is 0.255 e. The zero-order valence-electron chi connectivity index (χ0n) is 33.4. The van der Waals surface area contributed by atoms with Crippen LogP contribution < -0.4 is 20.7 Å². The molecule has 0 radical (unpaired) electrons. The van der Waals surface area contributed by atoms with Crippen LogP contribution in [0.3, 0.4) is 0 Å². The maximum Gasteiger partial charge on any atom is 0.255 e. The summed E-state index contributed by atoms with van der Waals surface area (Å²) in [6, 6.07) is 21.2. The summed E-state index contributed by atoms with van der Waals surface area (Å²) < 4.78 is 5.72. The van der Waals surface area contributed by atoms with Crippen LogP contribution in [0.25, 0.3) is 22.0 Å². The molecule has 3 fully saturated rings. The summed E-state index contributed by atoms with van der Waals surface area (Å²) in [6.45, 7) is 9.20. The van der Waals surface area contributed by atoms with Gasteiger partial charge in [-0.25, -0.2) is 15.0 Å². The number of hydrogen-bond donors (Lipinski definition) is 3. The minimum absolute atomic E-state index is 0.108. The molecule has 1 atom stereocenters. The summed E-state index contributed by atoms with van der Waals surface area (Å²) in [6.07, 6.45) is 8.96. The van der Waals surface area contributed by atoms with E-state index in [1.807, 2.05) is 18.5 Å². The Balaban J connectivity index is 0.699. The highest BCUT2D eigenvalue weighted by molar-refractivity contribution is 6.05. The topological polar surface area (TPSA) is 145 Å². The van der Waals surface area contributed by atoms with E-state index in [1.54, 1.807) is 4.90 Å². The Morgan fingerprint density at radius 2 is 1.69 bits per heavy atom. The summed E-state index contributed by atoms with van der Waals surface area (Å²) in [5.74, 6) is 0.951. The third kappa shape index (κ3) is 7.49. The van der Waals surface area contributed by atoms with E-state index in [2.05, 4.69) is 97.2 Å². The highest BCUT2D eigenvalue weighted by Gasteiger charge is 2.39. The Morgan fingerprint density at radius 3 is 2.51 bits per heavy atom. The highest BCUT2D eigenvalue weighted by Crippen LogP contribution is 2.37. The number of nitrogens with zero attached hydrogens (tertiary/aromatic N) is 6. The van der Waals surface area contributed by atoms with Gasteiger partial charge in [0, 0.05) is 66.7 Å². The molecule has 3 aromatic carbocycles. The number of nitrogens with one attached hydrogen (secondary N) is 3. The van der Waals surface area contributed by atoms with Crippen molar-refractivity contribution in [2.24, 2.45) is 0 Å². The first kappa shape index (κ1) is 37.4. The quantitative estimate of drug-likeness (QED) is 0.156. The first-order valence-corrected chi connectivity index (χ1v) is 21.1. The zero-order chi connectivity index (χ0) is 40.0. The second-order valence-electron chi connectivity index (χ2n) is 16.7. The fraction of sp³-hybridized carbons (Fsp3) is 0.391. The molecule has 5 aliphatic rings. The van der Waals surface area contributed by atoms with Crippen LogP contribution in [-0.4, -0.2) is 98.8 Å². The Labute approximate surface area is 343 Å². The Hall–Kier alpha value is -5.92. The molecule has 13 heteroatoms. The highest BCUT2D eigenvalue weighted by atomic mass is 16.5. The first-order chi connectivity index (χ1) is 28.8. The molecule has 0 bridgehead atoms. The third-order valence-electron chi connectivity index (χ3n) is 13.1. The molecule has 1 unspecified atom stereocenters. The number of aromatic nitrogens is 3. The van der Waals surface area contributed by atoms with Crippen LogP contribution in [0.1, 0.15) is 77.1 Å². The number of piperidine rings is 3. The Kier molecular flexibility index (Phi) is 9.93. The lowest BCUT2D eigenvalue weighted by Crippen LogP contribution is -2.52. The number of carbonyl (C=O) groups is 3. The van der Waals surface area contributed by atoms with Gasteiger partial charge in [0.15, 0.2) is 0 Å². The van der Waals surface area contributed by atoms with Gasteiger partial charge < -0.3 is 25.2 Å². The molecule has 5 aliphatic heterocycles. The van der Waals surface area contributed by atoms with Crippen molar-refractivity contribution in [3.8, 4) is 17.0 Å². The van der Waals surface area contributed by atoms with Crippen molar-refractivity contribution in [2.45, 2.75) is 76.5 Å². The van der Waals surface area contributed by atoms with Crippen LogP contribution in [0, 0.1) is 6.92 Å². The van der Waals surface area contributed by atoms with Crippen molar-refractivity contribution in [1.82, 2.24) is 35.0 Å². The summed E-state index contributed by atoms with van der Waals surface area (Å²) in [5.41, 5.74) is 10.3. The molecule has 3 saturated heterocycles. The summed E-state index contributed by atoms with van der Waals surface area (Å²) in [7, 11) is 0. The monoisotopic (exact) mass is 791 g/mol. The molecule has 302 valence electrons. The number of imide groups is 1. The maximum absolute atomic E-state index is 13.2. The van der Waals surface area contributed by atoms with Crippen molar-refractivity contribution < 1.29 is 19.1 Å². The molecule has 0 saturated carbocycles. The van der Waals surface area contributed by atoms with E-state index >= 15 is 0 Å². The number of hydrogen-bond acceptors (Lipinski definition) is 11. The van der Waals surface area contributed by atoms with E-state index in [0.717, 1.165) is 96.6 Å². The predicted octanol–water partition coefficient (Wildman–Crippen LogP) is 6.15. The predicted molar refractivity (Wildman–Crippen MR) is 226 cm³/mol. The summed E-state index contributed by atoms with van der Waals surface area (Å²) in [5, 5.41) is 10.2. The summed E-state index contributed by atoms with van der Waals surface area (Å²) in [4.78, 5) is 58.2. The van der Waals surface area contributed by atoms with Gasteiger partial charge in [0.2, 0.25) is 23.6 Å². The first-order valence-electron chi connectivity index (χ1n) is 21.1. The van der Waals surface area contributed by atoms with E-state index in [-0.39, 0.29) is 24.1 Å². The molecule has 10 rings (SSSR count). The Morgan fingerprint density at radius 1 is 0.864 bits per heavy atom. The van der Waals surface area contributed by atoms with Crippen molar-refractivity contribution in [3.05, 3.63) is 101 Å². The van der Waals surface area contributed by atoms with Gasteiger partial charge in [-0.15, -0.1) is 0 Å². The van der Waals surface area contributed by atoms with Gasteiger partial charge in [-0.2, -0.15) is 0 Å². The van der Waals surface area contributed by atoms with Gasteiger partial charge in [-0.3, -0.25) is 24.6 Å². The lowest BCUT2D eigenvalue weighted by Gasteiger charge is -2.42.